The molecular weight excluding hydrogens is 362 g/mol. The third-order valence-corrected chi connectivity index (χ3v) is 5.49. The van der Waals surface area contributed by atoms with E-state index >= 15 is 0 Å². The lowest BCUT2D eigenvalue weighted by atomic mass is 9.93. The third-order valence-electron chi connectivity index (χ3n) is 4.68. The van der Waals surface area contributed by atoms with Gasteiger partial charge in [-0.3, -0.25) is 0 Å². The first-order valence-corrected chi connectivity index (χ1v) is 9.90. The quantitative estimate of drug-likeness (QED) is 0.680. The SMILES string of the molecule is COCc1nsc(N2CCN(c3ccc4nc(C(C)(C)C)cn4n3)CC2)n1. The summed E-state index contributed by atoms with van der Waals surface area (Å²) >= 11 is 1.44. The Labute approximate surface area is 163 Å². The fourth-order valence-electron chi connectivity index (χ4n) is 3.09. The van der Waals surface area contributed by atoms with Crippen molar-refractivity contribution in [3.63, 3.8) is 0 Å². The number of hydrogen-bond acceptors (Lipinski definition) is 8. The summed E-state index contributed by atoms with van der Waals surface area (Å²) in [4.78, 5) is 13.8. The van der Waals surface area contributed by atoms with Gasteiger partial charge in [-0.15, -0.1) is 5.10 Å². The second kappa shape index (κ2) is 7.05. The molecule has 0 spiro atoms. The van der Waals surface area contributed by atoms with Crippen molar-refractivity contribution in [3.8, 4) is 0 Å². The number of nitrogens with zero attached hydrogens (tertiary/aromatic N) is 7. The van der Waals surface area contributed by atoms with Gasteiger partial charge in [0.15, 0.2) is 11.5 Å². The van der Waals surface area contributed by atoms with Gasteiger partial charge in [-0.1, -0.05) is 20.8 Å². The van der Waals surface area contributed by atoms with Gasteiger partial charge in [-0.25, -0.2) is 14.5 Å². The maximum Gasteiger partial charge on any atom is 0.205 e. The summed E-state index contributed by atoms with van der Waals surface area (Å²) in [5.41, 5.74) is 1.96. The second-order valence-corrected chi connectivity index (χ2v) is 8.50. The minimum atomic E-state index is 0.0168. The van der Waals surface area contributed by atoms with Gasteiger partial charge < -0.3 is 14.5 Å². The molecule has 1 fully saturated rings. The van der Waals surface area contributed by atoms with Crippen molar-refractivity contribution in [1.82, 2.24) is 24.0 Å². The van der Waals surface area contributed by atoms with E-state index < -0.39 is 0 Å². The van der Waals surface area contributed by atoms with Gasteiger partial charge in [-0.2, -0.15) is 4.37 Å². The molecule has 0 aromatic carbocycles. The van der Waals surface area contributed by atoms with Crippen LogP contribution in [0.25, 0.3) is 5.65 Å². The van der Waals surface area contributed by atoms with E-state index in [1.165, 1.54) is 11.5 Å². The summed E-state index contributed by atoms with van der Waals surface area (Å²) in [5.74, 6) is 1.74. The first-order valence-electron chi connectivity index (χ1n) is 9.12. The van der Waals surface area contributed by atoms with Crippen LogP contribution in [0.15, 0.2) is 18.3 Å². The number of imidazole rings is 1. The largest absolute Gasteiger partial charge is 0.377 e. The van der Waals surface area contributed by atoms with Gasteiger partial charge in [0.1, 0.15) is 12.4 Å². The van der Waals surface area contributed by atoms with E-state index in [1.54, 1.807) is 7.11 Å². The summed E-state index contributed by atoms with van der Waals surface area (Å²) in [6.45, 7) is 10.6. The van der Waals surface area contributed by atoms with Crippen molar-refractivity contribution in [2.45, 2.75) is 32.8 Å². The molecule has 3 aromatic rings. The highest BCUT2D eigenvalue weighted by Crippen LogP contribution is 2.24. The van der Waals surface area contributed by atoms with Crippen molar-refractivity contribution < 1.29 is 4.74 Å². The van der Waals surface area contributed by atoms with Crippen LogP contribution in [0.2, 0.25) is 0 Å². The number of methoxy groups -OCH3 is 1. The first-order chi connectivity index (χ1) is 12.9. The second-order valence-electron chi connectivity index (χ2n) is 7.77. The average Bonchev–Trinajstić information content (AvgIpc) is 3.28. The minimum Gasteiger partial charge on any atom is -0.377 e. The molecule has 1 aliphatic rings. The molecule has 3 aromatic heterocycles. The molecule has 4 rings (SSSR count). The van der Waals surface area contributed by atoms with Crippen LogP contribution in [0, 0.1) is 0 Å². The van der Waals surface area contributed by atoms with Crippen LogP contribution in [0.1, 0.15) is 32.3 Å². The molecule has 1 saturated heterocycles. The molecular formula is C18H25N7OS. The number of piperazine rings is 1. The molecule has 4 heterocycles. The van der Waals surface area contributed by atoms with Crippen LogP contribution in [0.5, 0.6) is 0 Å². The van der Waals surface area contributed by atoms with Crippen LogP contribution < -0.4 is 9.80 Å². The summed E-state index contributed by atoms with van der Waals surface area (Å²) in [5, 5.41) is 5.75. The summed E-state index contributed by atoms with van der Waals surface area (Å²) < 4.78 is 11.3. The lowest BCUT2D eigenvalue weighted by Crippen LogP contribution is -2.47. The predicted octanol–water partition coefficient (Wildman–Crippen LogP) is 2.35. The van der Waals surface area contributed by atoms with Crippen molar-refractivity contribution in [3.05, 3.63) is 29.8 Å². The fourth-order valence-corrected chi connectivity index (χ4v) is 3.81. The van der Waals surface area contributed by atoms with Crippen molar-refractivity contribution in [1.29, 1.82) is 0 Å². The normalized spacial score (nSPS) is 15.7. The Balaban J connectivity index is 1.45. The number of ether oxygens (including phenoxy) is 1. The maximum absolute atomic E-state index is 5.10. The summed E-state index contributed by atoms with van der Waals surface area (Å²) in [6.07, 6.45) is 2.04. The molecule has 0 bridgehead atoms. The molecule has 0 amide bonds. The monoisotopic (exact) mass is 387 g/mol. The van der Waals surface area contributed by atoms with Gasteiger partial charge >= 0.3 is 0 Å². The highest BCUT2D eigenvalue weighted by molar-refractivity contribution is 7.09. The Morgan fingerprint density at radius 3 is 2.52 bits per heavy atom. The highest BCUT2D eigenvalue weighted by atomic mass is 32.1. The van der Waals surface area contributed by atoms with E-state index in [2.05, 4.69) is 51.0 Å². The smallest absolute Gasteiger partial charge is 0.205 e. The standard InChI is InChI=1S/C18H25N7OS/c1-18(2,3)13-11-25-15(19-13)5-6-16(21-25)23-7-9-24(10-8-23)17-20-14(12-26-4)22-27-17/h5-6,11H,7-10,12H2,1-4H3. The molecule has 0 aliphatic carbocycles. The Morgan fingerprint density at radius 2 is 1.81 bits per heavy atom. The van der Waals surface area contributed by atoms with Crippen LogP contribution >= 0.6 is 11.5 Å². The molecule has 27 heavy (non-hydrogen) atoms. The predicted molar refractivity (Wildman–Crippen MR) is 107 cm³/mol. The lowest BCUT2D eigenvalue weighted by molar-refractivity contribution is 0.179. The minimum absolute atomic E-state index is 0.0168. The fraction of sp³-hybridized carbons (Fsp3) is 0.556. The number of hydrogen-bond donors (Lipinski definition) is 0. The third kappa shape index (κ3) is 3.74. The van der Waals surface area contributed by atoms with E-state index in [4.69, 9.17) is 9.84 Å². The van der Waals surface area contributed by atoms with Gasteiger partial charge in [0.2, 0.25) is 5.13 Å². The Morgan fingerprint density at radius 1 is 1.07 bits per heavy atom. The molecule has 0 unspecified atom stereocenters. The van der Waals surface area contributed by atoms with Gasteiger partial charge in [0.25, 0.3) is 0 Å². The topological polar surface area (TPSA) is 71.7 Å². The zero-order chi connectivity index (χ0) is 19.0. The van der Waals surface area contributed by atoms with Gasteiger partial charge in [0, 0.05) is 50.2 Å². The van der Waals surface area contributed by atoms with E-state index in [1.807, 2.05) is 16.8 Å². The molecule has 144 valence electrons. The van der Waals surface area contributed by atoms with Gasteiger partial charge in [-0.05, 0) is 12.1 Å². The van der Waals surface area contributed by atoms with Crippen LogP contribution in [-0.2, 0) is 16.8 Å². The molecule has 0 atom stereocenters. The molecule has 9 heteroatoms. The number of fused-ring (bicyclic) bond motifs is 1. The molecule has 1 aliphatic heterocycles. The number of anilines is 2. The molecule has 0 radical (unpaired) electrons. The van der Waals surface area contributed by atoms with Crippen molar-refractivity contribution in [2.75, 3.05) is 43.1 Å². The van der Waals surface area contributed by atoms with E-state index in [9.17, 15) is 0 Å². The Kier molecular flexibility index (Phi) is 4.73. The van der Waals surface area contributed by atoms with Crippen molar-refractivity contribution >= 4 is 28.1 Å². The lowest BCUT2D eigenvalue weighted by Gasteiger charge is -2.34. The molecule has 0 N–H and O–H groups in total. The summed E-state index contributed by atoms with van der Waals surface area (Å²) in [6, 6.07) is 4.11. The molecule has 0 saturated carbocycles. The molecule has 8 nitrogen and oxygen atoms in total. The van der Waals surface area contributed by atoms with E-state index in [-0.39, 0.29) is 5.41 Å². The average molecular weight is 388 g/mol. The maximum atomic E-state index is 5.10. The zero-order valence-electron chi connectivity index (χ0n) is 16.2. The van der Waals surface area contributed by atoms with Crippen LogP contribution in [0.4, 0.5) is 10.9 Å². The van der Waals surface area contributed by atoms with E-state index in [0.717, 1.165) is 54.3 Å². The highest BCUT2D eigenvalue weighted by Gasteiger charge is 2.22. The van der Waals surface area contributed by atoms with Crippen LogP contribution in [0.3, 0.4) is 0 Å². The Hall–Kier alpha value is -2.26. The van der Waals surface area contributed by atoms with Gasteiger partial charge in [0.05, 0.1) is 11.9 Å². The van der Waals surface area contributed by atoms with Crippen LogP contribution in [-0.4, -0.2) is 57.2 Å². The number of aromatic nitrogens is 5. The summed E-state index contributed by atoms with van der Waals surface area (Å²) in [7, 11) is 1.66. The zero-order valence-corrected chi connectivity index (χ0v) is 17.0. The number of rotatable bonds is 4. The Bertz CT molecular complexity index is 921. The van der Waals surface area contributed by atoms with Crippen molar-refractivity contribution in [2.24, 2.45) is 0 Å². The van der Waals surface area contributed by atoms with E-state index in [0.29, 0.717) is 6.61 Å². The first kappa shape index (κ1) is 18.1.